The summed E-state index contributed by atoms with van der Waals surface area (Å²) >= 11 is 0. The fraction of sp³-hybridized carbons (Fsp3) is 0.286. The van der Waals surface area contributed by atoms with Crippen LogP contribution in [0.2, 0.25) is 0 Å². The molecule has 1 atom stereocenters. The summed E-state index contributed by atoms with van der Waals surface area (Å²) in [5.74, 6) is -0.856. The predicted octanol–water partition coefficient (Wildman–Crippen LogP) is 1.71. The van der Waals surface area contributed by atoms with Crippen molar-refractivity contribution in [3.63, 3.8) is 0 Å². The second kappa shape index (κ2) is 10.8. The number of carbonyl (C=O) groups excluding carboxylic acids is 3. The number of benzene rings is 2. The van der Waals surface area contributed by atoms with Crippen molar-refractivity contribution >= 4 is 17.8 Å². The summed E-state index contributed by atoms with van der Waals surface area (Å²) in [7, 11) is 0. The van der Waals surface area contributed by atoms with Gasteiger partial charge in [-0.3, -0.25) is 9.59 Å². The Hall–Kier alpha value is -3.42. The van der Waals surface area contributed by atoms with Crippen LogP contribution in [0, 0.1) is 12.7 Å². The van der Waals surface area contributed by atoms with Gasteiger partial charge < -0.3 is 21.7 Å². The first kappa shape index (κ1) is 21.9. The highest BCUT2D eigenvalue weighted by molar-refractivity contribution is 5.80. The minimum Gasteiger partial charge on any atom is -0.354 e. The van der Waals surface area contributed by atoms with E-state index in [9.17, 15) is 18.8 Å². The molecule has 29 heavy (non-hydrogen) atoms. The second-order valence-corrected chi connectivity index (χ2v) is 6.63. The highest BCUT2D eigenvalue weighted by atomic mass is 19.1. The molecule has 154 valence electrons. The van der Waals surface area contributed by atoms with Crippen LogP contribution in [0.15, 0.2) is 48.5 Å². The normalized spacial score (nSPS) is 11.4. The number of urea groups is 1. The fourth-order valence-corrected chi connectivity index (χ4v) is 2.90. The molecule has 0 saturated carbocycles. The molecule has 0 aromatic heterocycles. The monoisotopic (exact) mass is 400 g/mol. The zero-order valence-corrected chi connectivity index (χ0v) is 16.2. The SMILES string of the molecule is Cc1ccccc1C(CC(=O)NCCNC(=O)Cc1ccc(F)cc1)NC(N)=O. The number of nitrogens with one attached hydrogen (secondary N) is 3. The summed E-state index contributed by atoms with van der Waals surface area (Å²) in [5, 5.41) is 7.99. The number of halogens is 1. The molecule has 0 radical (unpaired) electrons. The Labute approximate surface area is 168 Å². The largest absolute Gasteiger partial charge is 0.354 e. The number of nitrogens with two attached hydrogens (primary N) is 1. The molecule has 2 rings (SSSR count). The Bertz CT molecular complexity index is 855. The number of amides is 4. The van der Waals surface area contributed by atoms with E-state index in [1.165, 1.54) is 12.1 Å². The molecule has 0 spiro atoms. The van der Waals surface area contributed by atoms with Crippen LogP contribution in [-0.2, 0) is 16.0 Å². The van der Waals surface area contributed by atoms with Gasteiger partial charge in [-0.15, -0.1) is 0 Å². The maximum absolute atomic E-state index is 12.9. The number of rotatable bonds is 9. The van der Waals surface area contributed by atoms with E-state index >= 15 is 0 Å². The van der Waals surface area contributed by atoms with Crippen molar-refractivity contribution in [2.24, 2.45) is 5.73 Å². The maximum Gasteiger partial charge on any atom is 0.312 e. The summed E-state index contributed by atoms with van der Waals surface area (Å²) in [6.07, 6.45) is 0.156. The van der Waals surface area contributed by atoms with E-state index in [2.05, 4.69) is 16.0 Å². The molecule has 0 saturated heterocycles. The molecule has 5 N–H and O–H groups in total. The molecule has 7 nitrogen and oxygen atoms in total. The third kappa shape index (κ3) is 7.61. The zero-order valence-electron chi connectivity index (χ0n) is 16.2. The highest BCUT2D eigenvalue weighted by Gasteiger charge is 2.18. The van der Waals surface area contributed by atoms with Crippen molar-refractivity contribution < 1.29 is 18.8 Å². The third-order valence-electron chi connectivity index (χ3n) is 4.32. The minimum absolute atomic E-state index is 0.0251. The van der Waals surface area contributed by atoms with Crippen LogP contribution >= 0.6 is 0 Å². The van der Waals surface area contributed by atoms with E-state index in [0.29, 0.717) is 5.56 Å². The van der Waals surface area contributed by atoms with Gasteiger partial charge in [-0.25, -0.2) is 9.18 Å². The summed E-state index contributed by atoms with van der Waals surface area (Å²) in [5.41, 5.74) is 7.68. The van der Waals surface area contributed by atoms with Gasteiger partial charge in [0.05, 0.1) is 18.9 Å². The van der Waals surface area contributed by atoms with E-state index in [0.717, 1.165) is 11.1 Å². The smallest absolute Gasteiger partial charge is 0.312 e. The lowest BCUT2D eigenvalue weighted by Crippen LogP contribution is -2.39. The predicted molar refractivity (Wildman–Crippen MR) is 107 cm³/mol. The number of hydrogen-bond acceptors (Lipinski definition) is 3. The molecule has 1 unspecified atom stereocenters. The molecule has 0 aliphatic carbocycles. The Morgan fingerprint density at radius 3 is 2.21 bits per heavy atom. The van der Waals surface area contributed by atoms with Gasteiger partial charge in [-0.1, -0.05) is 36.4 Å². The van der Waals surface area contributed by atoms with Crippen LogP contribution in [0.5, 0.6) is 0 Å². The second-order valence-electron chi connectivity index (χ2n) is 6.63. The van der Waals surface area contributed by atoms with E-state index in [1.807, 2.05) is 31.2 Å². The van der Waals surface area contributed by atoms with Gasteiger partial charge in [-0.2, -0.15) is 0 Å². The van der Waals surface area contributed by atoms with Crippen LogP contribution in [-0.4, -0.2) is 30.9 Å². The van der Waals surface area contributed by atoms with Gasteiger partial charge >= 0.3 is 6.03 Å². The number of hydrogen-bond donors (Lipinski definition) is 4. The van der Waals surface area contributed by atoms with Crippen LogP contribution in [0.25, 0.3) is 0 Å². The molecular weight excluding hydrogens is 375 g/mol. The average molecular weight is 400 g/mol. The third-order valence-corrected chi connectivity index (χ3v) is 4.32. The number of primary amides is 1. The lowest BCUT2D eigenvalue weighted by Gasteiger charge is -2.19. The van der Waals surface area contributed by atoms with Gasteiger partial charge in [-0.05, 0) is 35.7 Å². The van der Waals surface area contributed by atoms with Gasteiger partial charge in [0.15, 0.2) is 0 Å². The molecule has 8 heteroatoms. The number of carbonyl (C=O) groups is 3. The van der Waals surface area contributed by atoms with Crippen molar-refractivity contribution in [3.8, 4) is 0 Å². The lowest BCUT2D eigenvalue weighted by molar-refractivity contribution is -0.122. The number of aryl methyl sites for hydroxylation is 1. The summed E-state index contributed by atoms with van der Waals surface area (Å²) in [4.78, 5) is 35.4. The molecule has 2 aromatic rings. The quantitative estimate of drug-likeness (QED) is 0.481. The van der Waals surface area contributed by atoms with Gasteiger partial charge in [0.1, 0.15) is 5.82 Å². The topological polar surface area (TPSA) is 113 Å². The van der Waals surface area contributed by atoms with E-state index < -0.39 is 12.1 Å². The van der Waals surface area contributed by atoms with E-state index in [1.54, 1.807) is 12.1 Å². The molecule has 4 amide bonds. The Morgan fingerprint density at radius 1 is 0.966 bits per heavy atom. The maximum atomic E-state index is 12.9. The van der Waals surface area contributed by atoms with Crippen molar-refractivity contribution in [3.05, 3.63) is 71.0 Å². The zero-order chi connectivity index (χ0) is 21.2. The van der Waals surface area contributed by atoms with Crippen LogP contribution in [0.1, 0.15) is 29.2 Å². The van der Waals surface area contributed by atoms with Crippen LogP contribution < -0.4 is 21.7 Å². The van der Waals surface area contributed by atoms with Crippen molar-refractivity contribution in [2.45, 2.75) is 25.8 Å². The summed E-state index contributed by atoms with van der Waals surface area (Å²) < 4.78 is 12.9. The van der Waals surface area contributed by atoms with E-state index in [4.69, 9.17) is 5.73 Å². The van der Waals surface area contributed by atoms with Crippen LogP contribution in [0.3, 0.4) is 0 Å². The molecule has 0 aliphatic rings. The Morgan fingerprint density at radius 2 is 1.59 bits per heavy atom. The van der Waals surface area contributed by atoms with Gasteiger partial charge in [0.2, 0.25) is 11.8 Å². The Balaban J connectivity index is 1.77. The summed E-state index contributed by atoms with van der Waals surface area (Å²) in [6, 6.07) is 11.9. The molecule has 0 fully saturated rings. The first-order chi connectivity index (χ1) is 13.8. The first-order valence-corrected chi connectivity index (χ1v) is 9.24. The molecule has 0 aliphatic heterocycles. The highest BCUT2D eigenvalue weighted by Crippen LogP contribution is 2.20. The average Bonchev–Trinajstić information content (AvgIpc) is 2.66. The Kier molecular flexibility index (Phi) is 8.14. The van der Waals surface area contributed by atoms with Crippen molar-refractivity contribution in [2.75, 3.05) is 13.1 Å². The van der Waals surface area contributed by atoms with E-state index in [-0.39, 0.29) is 43.6 Å². The lowest BCUT2D eigenvalue weighted by atomic mass is 9.98. The van der Waals surface area contributed by atoms with Crippen molar-refractivity contribution in [1.29, 1.82) is 0 Å². The standard InChI is InChI=1S/C21H25FN4O3/c1-14-4-2-3-5-17(14)18(26-21(23)29)13-20(28)25-11-10-24-19(27)12-15-6-8-16(22)9-7-15/h2-9,18H,10-13H2,1H3,(H,24,27)(H,25,28)(H3,23,26,29). The van der Waals surface area contributed by atoms with Gasteiger partial charge in [0.25, 0.3) is 0 Å². The van der Waals surface area contributed by atoms with Gasteiger partial charge in [0, 0.05) is 13.1 Å². The molecular formula is C21H25FN4O3. The van der Waals surface area contributed by atoms with Crippen molar-refractivity contribution in [1.82, 2.24) is 16.0 Å². The fourth-order valence-electron chi connectivity index (χ4n) is 2.90. The van der Waals surface area contributed by atoms with Crippen LogP contribution in [0.4, 0.5) is 9.18 Å². The summed E-state index contributed by atoms with van der Waals surface area (Å²) in [6.45, 7) is 2.38. The minimum atomic E-state index is -0.709. The first-order valence-electron chi connectivity index (χ1n) is 9.24. The molecule has 0 heterocycles. The molecule has 2 aromatic carbocycles. The molecule has 0 bridgehead atoms.